The van der Waals surface area contributed by atoms with Gasteiger partial charge in [-0.1, -0.05) is 6.07 Å². The molecule has 4 aromatic rings. The summed E-state index contributed by atoms with van der Waals surface area (Å²) in [5, 5.41) is 4.64. The third kappa shape index (κ3) is 3.77. The van der Waals surface area contributed by atoms with Crippen molar-refractivity contribution in [1.29, 1.82) is 0 Å². The van der Waals surface area contributed by atoms with Crippen LogP contribution >= 0.6 is 0 Å². The lowest BCUT2D eigenvalue weighted by molar-refractivity contribution is 0.0395. The highest BCUT2D eigenvalue weighted by atomic mass is 16.5. The molecular weight excluding hydrogens is 430 g/mol. The Morgan fingerprint density at radius 3 is 2.88 bits per heavy atom. The van der Waals surface area contributed by atoms with E-state index >= 15 is 0 Å². The molecule has 1 saturated heterocycles. The van der Waals surface area contributed by atoms with Gasteiger partial charge in [-0.3, -0.25) is 14.8 Å². The van der Waals surface area contributed by atoms with Crippen LogP contribution in [0.1, 0.15) is 28.5 Å². The summed E-state index contributed by atoms with van der Waals surface area (Å²) in [7, 11) is 0. The maximum atomic E-state index is 12.3. The van der Waals surface area contributed by atoms with Crippen molar-refractivity contribution < 1.29 is 4.74 Å². The van der Waals surface area contributed by atoms with Gasteiger partial charge in [-0.2, -0.15) is 4.52 Å². The van der Waals surface area contributed by atoms with E-state index in [1.165, 1.54) is 22.3 Å². The van der Waals surface area contributed by atoms with Crippen LogP contribution < -0.4 is 15.4 Å². The van der Waals surface area contributed by atoms with Crippen LogP contribution in [0.5, 0.6) is 0 Å². The van der Waals surface area contributed by atoms with Crippen LogP contribution in [0.2, 0.25) is 0 Å². The highest BCUT2D eigenvalue weighted by molar-refractivity contribution is 5.55. The van der Waals surface area contributed by atoms with E-state index < -0.39 is 0 Å². The first-order valence-corrected chi connectivity index (χ1v) is 11.5. The van der Waals surface area contributed by atoms with E-state index in [1.54, 1.807) is 6.20 Å². The molecule has 0 saturated carbocycles. The normalized spacial score (nSPS) is 18.2. The second kappa shape index (κ2) is 8.49. The van der Waals surface area contributed by atoms with Crippen molar-refractivity contribution in [1.82, 2.24) is 24.6 Å². The van der Waals surface area contributed by atoms with Gasteiger partial charge in [0, 0.05) is 68.5 Å². The fourth-order valence-corrected chi connectivity index (χ4v) is 4.78. The van der Waals surface area contributed by atoms with Crippen LogP contribution in [0.4, 0.5) is 11.5 Å². The van der Waals surface area contributed by atoms with Crippen LogP contribution in [0.25, 0.3) is 5.65 Å². The first-order valence-electron chi connectivity index (χ1n) is 11.5. The molecule has 0 N–H and O–H groups in total. The van der Waals surface area contributed by atoms with Crippen molar-refractivity contribution in [3.05, 3.63) is 87.9 Å². The smallest absolute Gasteiger partial charge is 0.274 e. The van der Waals surface area contributed by atoms with E-state index in [-0.39, 0.29) is 11.7 Å². The van der Waals surface area contributed by atoms with Gasteiger partial charge in [-0.05, 0) is 36.2 Å². The molecule has 1 fully saturated rings. The van der Waals surface area contributed by atoms with Crippen LogP contribution in [-0.2, 0) is 17.7 Å². The summed E-state index contributed by atoms with van der Waals surface area (Å²) < 4.78 is 7.38. The molecule has 0 aromatic carbocycles. The molecule has 34 heavy (non-hydrogen) atoms. The number of rotatable bonds is 3. The second-order valence-electron chi connectivity index (χ2n) is 8.77. The number of anilines is 2. The molecule has 2 aliphatic rings. The minimum atomic E-state index is -0.178. The lowest BCUT2D eigenvalue weighted by atomic mass is 10.0. The molecule has 172 valence electrons. The van der Waals surface area contributed by atoms with Crippen molar-refractivity contribution >= 4 is 17.2 Å². The zero-order chi connectivity index (χ0) is 23.1. The quantitative estimate of drug-likeness (QED) is 0.465. The van der Waals surface area contributed by atoms with Crippen molar-refractivity contribution in [3.8, 4) is 0 Å². The van der Waals surface area contributed by atoms with Gasteiger partial charge < -0.3 is 14.5 Å². The number of pyridine rings is 2. The minimum absolute atomic E-state index is 0.00801. The molecule has 1 atom stereocenters. The van der Waals surface area contributed by atoms with E-state index in [1.807, 2.05) is 31.5 Å². The third-order valence-corrected chi connectivity index (χ3v) is 6.56. The Balaban J connectivity index is 1.27. The van der Waals surface area contributed by atoms with Crippen LogP contribution in [0, 0.1) is 6.92 Å². The molecule has 0 spiro atoms. The van der Waals surface area contributed by atoms with E-state index in [0.717, 1.165) is 54.4 Å². The zero-order valence-corrected chi connectivity index (χ0v) is 19.0. The van der Waals surface area contributed by atoms with Gasteiger partial charge in [-0.15, -0.1) is 5.10 Å². The van der Waals surface area contributed by atoms with E-state index in [9.17, 15) is 4.79 Å². The fraction of sp³-hybridized carbons (Fsp3) is 0.320. The Kier molecular flexibility index (Phi) is 5.18. The summed E-state index contributed by atoms with van der Waals surface area (Å²) in [4.78, 5) is 30.1. The summed E-state index contributed by atoms with van der Waals surface area (Å²) >= 11 is 0. The lowest BCUT2D eigenvalue weighted by Gasteiger charge is -2.36. The summed E-state index contributed by atoms with van der Waals surface area (Å²) in [5.41, 5.74) is 5.88. The molecule has 1 unspecified atom stereocenters. The van der Waals surface area contributed by atoms with Gasteiger partial charge in [-0.25, -0.2) is 4.98 Å². The summed E-state index contributed by atoms with van der Waals surface area (Å²) in [6.45, 7) is 5.75. The molecule has 0 bridgehead atoms. The number of fused-ring (bicyclic) bond motifs is 2. The predicted molar refractivity (Wildman–Crippen MR) is 128 cm³/mol. The molecule has 0 aliphatic carbocycles. The number of aromatic nitrogens is 5. The average molecular weight is 456 g/mol. The molecule has 9 nitrogen and oxygen atoms in total. The lowest BCUT2D eigenvalue weighted by Crippen LogP contribution is -2.39. The highest BCUT2D eigenvalue weighted by Gasteiger charge is 2.25. The Morgan fingerprint density at radius 1 is 1.06 bits per heavy atom. The Hall–Kier alpha value is -3.85. The summed E-state index contributed by atoms with van der Waals surface area (Å²) in [6.07, 6.45) is 7.97. The average Bonchev–Trinajstić information content (AvgIpc) is 2.88. The number of nitrogens with zero attached hydrogens (tertiary/aromatic N) is 7. The molecule has 9 heteroatoms. The molecule has 2 aliphatic heterocycles. The van der Waals surface area contributed by atoms with E-state index in [4.69, 9.17) is 9.72 Å². The standard InChI is InChI=1S/C25H25N7O2/c1-17-11-23-27-7-4-24(33)32(23)29-25(17)31-8-5-21-19(15-31)12-20(14-28-21)30-9-10-34-22(16-30)18-3-2-6-26-13-18/h2-4,6-7,11-14,22H,5,8-10,15-16H2,1H3. The van der Waals surface area contributed by atoms with E-state index in [0.29, 0.717) is 18.8 Å². The van der Waals surface area contributed by atoms with Gasteiger partial charge >= 0.3 is 0 Å². The number of hydrogen-bond donors (Lipinski definition) is 0. The molecule has 0 radical (unpaired) electrons. The van der Waals surface area contributed by atoms with Crippen LogP contribution in [0.3, 0.4) is 0 Å². The number of ether oxygens (including phenoxy) is 1. The predicted octanol–water partition coefficient (Wildman–Crippen LogP) is 2.33. The molecule has 4 aromatic heterocycles. The maximum absolute atomic E-state index is 12.3. The Labute approximate surface area is 196 Å². The summed E-state index contributed by atoms with van der Waals surface area (Å²) in [5.74, 6) is 0.807. The summed E-state index contributed by atoms with van der Waals surface area (Å²) in [6, 6.07) is 9.59. The first-order chi connectivity index (χ1) is 16.7. The SMILES string of the molecule is Cc1cc2nccc(=O)n2nc1N1CCc2ncc(N3CCOC(c4cccnc4)C3)cc2C1. The van der Waals surface area contributed by atoms with Gasteiger partial charge in [0.25, 0.3) is 5.56 Å². The maximum Gasteiger partial charge on any atom is 0.274 e. The largest absolute Gasteiger partial charge is 0.370 e. The molecule has 0 amide bonds. The van der Waals surface area contributed by atoms with E-state index in [2.05, 4.69) is 37.0 Å². The van der Waals surface area contributed by atoms with Gasteiger partial charge in [0.1, 0.15) is 6.10 Å². The monoisotopic (exact) mass is 455 g/mol. The highest BCUT2D eigenvalue weighted by Crippen LogP contribution is 2.30. The minimum Gasteiger partial charge on any atom is -0.370 e. The Bertz CT molecular complexity index is 1410. The van der Waals surface area contributed by atoms with Crippen molar-refractivity contribution in [2.45, 2.75) is 26.0 Å². The molecular formula is C25H25N7O2. The van der Waals surface area contributed by atoms with Gasteiger partial charge in [0.2, 0.25) is 0 Å². The van der Waals surface area contributed by atoms with Crippen molar-refractivity contribution in [2.24, 2.45) is 0 Å². The molecule has 6 heterocycles. The number of morpholine rings is 1. The first kappa shape index (κ1) is 20.7. The van der Waals surface area contributed by atoms with Crippen LogP contribution in [-0.4, -0.2) is 50.8 Å². The Morgan fingerprint density at radius 2 is 2.00 bits per heavy atom. The van der Waals surface area contributed by atoms with Gasteiger partial charge in [0.15, 0.2) is 11.5 Å². The fourth-order valence-electron chi connectivity index (χ4n) is 4.78. The number of aryl methyl sites for hydroxylation is 1. The van der Waals surface area contributed by atoms with Crippen molar-refractivity contribution in [2.75, 3.05) is 36.0 Å². The van der Waals surface area contributed by atoms with Crippen molar-refractivity contribution in [3.63, 3.8) is 0 Å². The topological polar surface area (TPSA) is 88.8 Å². The second-order valence-corrected chi connectivity index (χ2v) is 8.77. The zero-order valence-electron chi connectivity index (χ0n) is 19.0. The third-order valence-electron chi connectivity index (χ3n) is 6.56. The van der Waals surface area contributed by atoms with Crippen LogP contribution in [0.15, 0.2) is 59.9 Å². The molecule has 6 rings (SSSR count). The number of hydrogen-bond acceptors (Lipinski definition) is 8. The van der Waals surface area contributed by atoms with Gasteiger partial charge in [0.05, 0.1) is 18.5 Å².